The number of methoxy groups -OCH3 is 1. The molecule has 1 saturated carbocycles. The number of halogens is 4. The minimum absolute atomic E-state index is 0.0265. The molecule has 1 aromatic heterocycles. The first-order valence-corrected chi connectivity index (χ1v) is 11.1. The first-order chi connectivity index (χ1) is 17.1. The van der Waals surface area contributed by atoms with E-state index >= 15 is 0 Å². The molecule has 1 heterocycles. The molecular weight excluding hydrogens is 480 g/mol. The Bertz CT molecular complexity index is 1300. The lowest BCUT2D eigenvalue weighted by Crippen LogP contribution is -2.29. The molecule has 0 spiro atoms. The highest BCUT2D eigenvalue weighted by atomic mass is 19.4. The molecule has 0 atom stereocenters. The van der Waals surface area contributed by atoms with Crippen LogP contribution in [0.1, 0.15) is 41.4 Å². The summed E-state index contributed by atoms with van der Waals surface area (Å²) in [6.45, 7) is 1.97. The van der Waals surface area contributed by atoms with Crippen LogP contribution in [-0.2, 0) is 21.4 Å². The molecule has 1 aliphatic carbocycles. The lowest BCUT2D eigenvalue weighted by atomic mass is 9.93. The monoisotopic (exact) mass is 502 g/mol. The number of nitrogens with zero attached hydrogens (tertiary/aromatic N) is 1. The SMILES string of the molecule is CCc1ccc(-c2ccc(NC(=O)C3(c4ccc(OC(F)(F)F)cc4F)CC3)cc2C(=O)OC)cn1. The van der Waals surface area contributed by atoms with E-state index in [-0.39, 0.29) is 16.8 Å². The Labute approximate surface area is 204 Å². The van der Waals surface area contributed by atoms with Crippen LogP contribution >= 0.6 is 0 Å². The van der Waals surface area contributed by atoms with Crippen molar-refractivity contribution >= 4 is 17.6 Å². The van der Waals surface area contributed by atoms with Crippen LogP contribution in [0, 0.1) is 5.82 Å². The molecule has 0 saturated heterocycles. The molecule has 0 aliphatic heterocycles. The summed E-state index contributed by atoms with van der Waals surface area (Å²) >= 11 is 0. The average Bonchev–Trinajstić information content (AvgIpc) is 3.64. The first-order valence-electron chi connectivity index (χ1n) is 11.1. The summed E-state index contributed by atoms with van der Waals surface area (Å²) in [5.74, 6) is -2.84. The van der Waals surface area contributed by atoms with Crippen LogP contribution in [0.2, 0.25) is 0 Å². The molecule has 0 unspecified atom stereocenters. The number of esters is 1. The van der Waals surface area contributed by atoms with E-state index in [1.54, 1.807) is 18.3 Å². The van der Waals surface area contributed by atoms with Gasteiger partial charge in [0.2, 0.25) is 5.91 Å². The number of hydrogen-bond donors (Lipinski definition) is 1. The molecule has 188 valence electrons. The number of ether oxygens (including phenoxy) is 2. The second-order valence-electron chi connectivity index (χ2n) is 8.37. The van der Waals surface area contributed by atoms with E-state index in [9.17, 15) is 27.2 Å². The highest BCUT2D eigenvalue weighted by Crippen LogP contribution is 2.50. The number of carbonyl (C=O) groups is 2. The molecular formula is C26H22F4N2O4. The molecule has 1 aliphatic rings. The van der Waals surface area contributed by atoms with Crippen LogP contribution in [-0.4, -0.2) is 30.3 Å². The van der Waals surface area contributed by atoms with Gasteiger partial charge in [-0.2, -0.15) is 0 Å². The Morgan fingerprint density at radius 2 is 1.83 bits per heavy atom. The average molecular weight is 502 g/mol. The maximum atomic E-state index is 14.7. The van der Waals surface area contributed by atoms with Gasteiger partial charge in [-0.25, -0.2) is 9.18 Å². The molecule has 0 radical (unpaired) electrons. The van der Waals surface area contributed by atoms with Gasteiger partial charge in [0.25, 0.3) is 0 Å². The number of alkyl halides is 3. The van der Waals surface area contributed by atoms with Crippen LogP contribution in [0.4, 0.5) is 23.2 Å². The quantitative estimate of drug-likeness (QED) is 0.326. The Morgan fingerprint density at radius 3 is 2.39 bits per heavy atom. The van der Waals surface area contributed by atoms with Gasteiger partial charge in [0.15, 0.2) is 0 Å². The molecule has 36 heavy (non-hydrogen) atoms. The maximum absolute atomic E-state index is 14.7. The van der Waals surface area contributed by atoms with Gasteiger partial charge < -0.3 is 14.8 Å². The number of rotatable bonds is 7. The van der Waals surface area contributed by atoms with Gasteiger partial charge in [0.1, 0.15) is 11.6 Å². The number of aromatic nitrogens is 1. The molecule has 2 aromatic carbocycles. The highest BCUT2D eigenvalue weighted by molar-refractivity contribution is 6.04. The normalized spacial score (nSPS) is 14.2. The number of benzene rings is 2. The molecule has 10 heteroatoms. The Kier molecular flexibility index (Phi) is 6.71. The zero-order valence-electron chi connectivity index (χ0n) is 19.4. The van der Waals surface area contributed by atoms with Gasteiger partial charge in [-0.3, -0.25) is 9.78 Å². The fourth-order valence-electron chi connectivity index (χ4n) is 4.02. The van der Waals surface area contributed by atoms with Crippen molar-refractivity contribution in [1.82, 2.24) is 4.98 Å². The smallest absolute Gasteiger partial charge is 0.465 e. The third-order valence-corrected chi connectivity index (χ3v) is 6.06. The summed E-state index contributed by atoms with van der Waals surface area (Å²) in [6, 6.07) is 11.1. The van der Waals surface area contributed by atoms with Crippen molar-refractivity contribution in [3.8, 4) is 16.9 Å². The standard InChI is InChI=1S/C26H22F4N2O4/c1-3-16-5-4-15(14-31-16)19-8-6-17(12-20(19)23(33)35-2)32-24(34)25(10-11-25)21-9-7-18(13-22(21)27)36-26(28,29)30/h4-9,12-14H,3,10-11H2,1-2H3,(H,32,34). The van der Waals surface area contributed by atoms with Crippen LogP contribution in [0.5, 0.6) is 5.75 Å². The van der Waals surface area contributed by atoms with E-state index in [2.05, 4.69) is 15.0 Å². The number of anilines is 1. The Morgan fingerprint density at radius 1 is 1.08 bits per heavy atom. The van der Waals surface area contributed by atoms with Gasteiger partial charge >= 0.3 is 12.3 Å². The van der Waals surface area contributed by atoms with Gasteiger partial charge in [-0.1, -0.05) is 25.1 Å². The van der Waals surface area contributed by atoms with Gasteiger partial charge in [0.05, 0.1) is 18.1 Å². The predicted octanol–water partition coefficient (Wildman–Crippen LogP) is 5.81. The van der Waals surface area contributed by atoms with Gasteiger partial charge in [-0.05, 0) is 49.1 Å². The Hall–Kier alpha value is -3.95. The number of carbonyl (C=O) groups excluding carboxylic acids is 2. The number of amides is 1. The summed E-state index contributed by atoms with van der Waals surface area (Å²) < 4.78 is 60.6. The van der Waals surface area contributed by atoms with Crippen LogP contribution < -0.4 is 10.1 Å². The fraction of sp³-hybridized carbons (Fsp3) is 0.269. The molecule has 0 bridgehead atoms. The zero-order valence-corrected chi connectivity index (χ0v) is 19.4. The van der Waals surface area contributed by atoms with Crippen LogP contribution in [0.3, 0.4) is 0 Å². The largest absolute Gasteiger partial charge is 0.573 e. The number of hydrogen-bond acceptors (Lipinski definition) is 5. The third kappa shape index (κ3) is 5.17. The number of pyridine rings is 1. The minimum atomic E-state index is -4.96. The van der Waals surface area contributed by atoms with Crippen LogP contribution in [0.15, 0.2) is 54.7 Å². The summed E-state index contributed by atoms with van der Waals surface area (Å²) in [7, 11) is 1.24. The summed E-state index contributed by atoms with van der Waals surface area (Å²) in [5, 5.41) is 2.70. The van der Waals surface area contributed by atoms with E-state index in [4.69, 9.17) is 4.74 Å². The topological polar surface area (TPSA) is 77.5 Å². The second-order valence-corrected chi connectivity index (χ2v) is 8.37. The summed E-state index contributed by atoms with van der Waals surface area (Å²) in [5.41, 5.74) is 1.36. The first kappa shape index (κ1) is 25.2. The van der Waals surface area contributed by atoms with E-state index < -0.39 is 35.2 Å². The van der Waals surface area contributed by atoms with Crippen molar-refractivity contribution in [2.45, 2.75) is 38.0 Å². The molecule has 3 aromatic rings. The lowest BCUT2D eigenvalue weighted by Gasteiger charge is -2.18. The number of nitrogens with one attached hydrogen (secondary N) is 1. The summed E-state index contributed by atoms with van der Waals surface area (Å²) in [6.07, 6.45) is -1.93. The minimum Gasteiger partial charge on any atom is -0.465 e. The zero-order chi connectivity index (χ0) is 26.1. The molecule has 1 fully saturated rings. The van der Waals surface area contributed by atoms with E-state index in [1.165, 1.54) is 13.2 Å². The third-order valence-electron chi connectivity index (χ3n) is 6.06. The lowest BCUT2D eigenvalue weighted by molar-refractivity contribution is -0.274. The van der Waals surface area contributed by atoms with Crippen molar-refractivity contribution in [3.05, 3.63) is 77.4 Å². The van der Waals surface area contributed by atoms with Gasteiger partial charge in [-0.15, -0.1) is 13.2 Å². The second kappa shape index (κ2) is 9.60. The van der Waals surface area contributed by atoms with Crippen molar-refractivity contribution in [2.24, 2.45) is 0 Å². The van der Waals surface area contributed by atoms with Crippen molar-refractivity contribution in [1.29, 1.82) is 0 Å². The maximum Gasteiger partial charge on any atom is 0.573 e. The van der Waals surface area contributed by atoms with Crippen molar-refractivity contribution in [3.63, 3.8) is 0 Å². The van der Waals surface area contributed by atoms with Crippen LogP contribution in [0.25, 0.3) is 11.1 Å². The molecule has 6 nitrogen and oxygen atoms in total. The molecule has 4 rings (SSSR count). The van der Waals surface area contributed by atoms with E-state index in [0.717, 1.165) is 24.2 Å². The number of aryl methyl sites for hydroxylation is 1. The van der Waals surface area contributed by atoms with Gasteiger partial charge in [0, 0.05) is 34.8 Å². The molecule has 1 amide bonds. The van der Waals surface area contributed by atoms with Crippen molar-refractivity contribution < 1.29 is 36.6 Å². The van der Waals surface area contributed by atoms with Crippen molar-refractivity contribution in [2.75, 3.05) is 12.4 Å². The van der Waals surface area contributed by atoms with E-state index in [1.807, 2.05) is 19.1 Å². The predicted molar refractivity (Wildman–Crippen MR) is 123 cm³/mol. The van der Waals surface area contributed by atoms with E-state index in [0.29, 0.717) is 30.0 Å². The summed E-state index contributed by atoms with van der Waals surface area (Å²) in [4.78, 5) is 30.0. The highest BCUT2D eigenvalue weighted by Gasteiger charge is 2.53. The fourth-order valence-corrected chi connectivity index (χ4v) is 4.02. The molecule has 1 N–H and O–H groups in total. The Balaban J connectivity index is 1.59.